The number of methoxy groups -OCH3 is 1. The molecule has 18 heavy (non-hydrogen) atoms. The van der Waals surface area contributed by atoms with E-state index in [2.05, 4.69) is 0 Å². The molecule has 1 aromatic rings. The van der Waals surface area contributed by atoms with Gasteiger partial charge in [0.2, 0.25) is 0 Å². The van der Waals surface area contributed by atoms with Gasteiger partial charge in [0.1, 0.15) is 11.6 Å². The molecule has 1 unspecified atom stereocenters. The Balaban J connectivity index is 2.93. The Bertz CT molecular complexity index is 445. The minimum Gasteiger partial charge on any atom is -0.496 e. The third kappa shape index (κ3) is 3.35. The van der Waals surface area contributed by atoms with Crippen molar-refractivity contribution in [3.8, 4) is 5.75 Å². The van der Waals surface area contributed by atoms with Crippen LogP contribution in [0.3, 0.4) is 0 Å². The van der Waals surface area contributed by atoms with E-state index < -0.39 is 23.9 Å². The summed E-state index contributed by atoms with van der Waals surface area (Å²) in [5, 5.41) is 1.73. The topological polar surface area (TPSA) is 38.3 Å². The summed E-state index contributed by atoms with van der Waals surface area (Å²) < 4.78 is 54.1. The lowest BCUT2D eigenvalue weighted by Gasteiger charge is -2.18. The monoisotopic (exact) mass is 265 g/mol. The zero-order valence-corrected chi connectivity index (χ0v) is 9.64. The number of carbonyl (C=O) groups is 1. The number of hydrogen-bond acceptors (Lipinski definition) is 2. The first-order chi connectivity index (χ1) is 8.25. The summed E-state index contributed by atoms with van der Waals surface area (Å²) in [7, 11) is 1.30. The van der Waals surface area contributed by atoms with Gasteiger partial charge in [0, 0.05) is 5.56 Å². The largest absolute Gasteiger partial charge is 0.496 e. The fraction of sp³-hybridized carbons (Fsp3) is 0.364. The summed E-state index contributed by atoms with van der Waals surface area (Å²) in [5.74, 6) is -2.51. The van der Waals surface area contributed by atoms with E-state index in [0.717, 1.165) is 12.1 Å². The van der Waals surface area contributed by atoms with Crippen LogP contribution in [0.5, 0.6) is 5.75 Å². The van der Waals surface area contributed by atoms with Crippen molar-refractivity contribution >= 4 is 5.91 Å². The highest BCUT2D eigenvalue weighted by atomic mass is 19.4. The molecule has 1 amide bonds. The zero-order valence-electron chi connectivity index (χ0n) is 9.64. The number of amides is 1. The highest BCUT2D eigenvalue weighted by molar-refractivity contribution is 5.82. The maximum atomic E-state index is 13.0. The average Bonchev–Trinajstić information content (AvgIpc) is 2.27. The number of alkyl halides is 3. The van der Waals surface area contributed by atoms with E-state index in [1.807, 2.05) is 0 Å². The molecule has 0 saturated carbocycles. The molecule has 0 aliphatic rings. The van der Waals surface area contributed by atoms with Crippen LogP contribution in [0.1, 0.15) is 18.5 Å². The molecule has 0 fully saturated rings. The molecule has 0 bridgehead atoms. The van der Waals surface area contributed by atoms with E-state index in [0.29, 0.717) is 0 Å². The van der Waals surface area contributed by atoms with Gasteiger partial charge in [-0.1, -0.05) is 0 Å². The molecule has 100 valence electrons. The van der Waals surface area contributed by atoms with E-state index in [9.17, 15) is 22.4 Å². The van der Waals surface area contributed by atoms with Crippen LogP contribution in [0.4, 0.5) is 17.6 Å². The Hall–Kier alpha value is -1.79. The number of benzene rings is 1. The van der Waals surface area contributed by atoms with Gasteiger partial charge in [0.25, 0.3) is 0 Å². The predicted octanol–water partition coefficient (Wildman–Crippen LogP) is 2.57. The second-order valence-corrected chi connectivity index (χ2v) is 3.58. The van der Waals surface area contributed by atoms with Crippen LogP contribution in [-0.2, 0) is 4.79 Å². The smallest absolute Gasteiger partial charge is 0.471 e. The number of carbonyl (C=O) groups excluding carboxylic acids is 1. The highest BCUT2D eigenvalue weighted by Crippen LogP contribution is 2.26. The standard InChI is InChI=1S/C11H11F4NO2/c1-6(16-10(17)11(13,14)15)8-5-7(12)3-4-9(8)18-2/h3-6H,1-2H3,(H,16,17). The Morgan fingerprint density at radius 2 is 2.00 bits per heavy atom. The molecule has 0 spiro atoms. The third-order valence-electron chi connectivity index (χ3n) is 2.26. The van der Waals surface area contributed by atoms with Gasteiger partial charge >= 0.3 is 12.1 Å². The number of ether oxygens (including phenoxy) is 1. The van der Waals surface area contributed by atoms with Gasteiger partial charge in [-0.25, -0.2) is 4.39 Å². The normalized spacial score (nSPS) is 13.0. The Kier molecular flexibility index (Phi) is 4.15. The fourth-order valence-corrected chi connectivity index (χ4v) is 1.40. The van der Waals surface area contributed by atoms with Crippen LogP contribution < -0.4 is 10.1 Å². The molecule has 0 radical (unpaired) electrons. The molecule has 1 atom stereocenters. The van der Waals surface area contributed by atoms with Gasteiger partial charge in [-0.2, -0.15) is 13.2 Å². The molecule has 1 N–H and O–H groups in total. The van der Waals surface area contributed by atoms with E-state index in [1.165, 1.54) is 20.1 Å². The molecule has 1 rings (SSSR count). The van der Waals surface area contributed by atoms with Gasteiger partial charge in [-0.3, -0.25) is 4.79 Å². The Morgan fingerprint density at radius 3 is 2.50 bits per heavy atom. The summed E-state index contributed by atoms with van der Waals surface area (Å²) in [6, 6.07) is 2.38. The number of rotatable bonds is 3. The van der Waals surface area contributed by atoms with Crippen molar-refractivity contribution in [2.24, 2.45) is 0 Å². The molecule has 0 aromatic heterocycles. The maximum absolute atomic E-state index is 13.0. The first-order valence-corrected chi connectivity index (χ1v) is 4.97. The van der Waals surface area contributed by atoms with Crippen molar-refractivity contribution in [3.05, 3.63) is 29.6 Å². The Morgan fingerprint density at radius 1 is 1.39 bits per heavy atom. The molecule has 0 aliphatic heterocycles. The van der Waals surface area contributed by atoms with Crippen LogP contribution >= 0.6 is 0 Å². The zero-order chi connectivity index (χ0) is 13.9. The Labute approximate surface area is 101 Å². The minimum absolute atomic E-state index is 0.134. The lowest BCUT2D eigenvalue weighted by molar-refractivity contribution is -0.174. The van der Waals surface area contributed by atoms with Crippen molar-refractivity contribution < 1.29 is 27.1 Å². The fourth-order valence-electron chi connectivity index (χ4n) is 1.40. The van der Waals surface area contributed by atoms with Crippen LogP contribution in [0.15, 0.2) is 18.2 Å². The highest BCUT2D eigenvalue weighted by Gasteiger charge is 2.39. The molecule has 1 aromatic carbocycles. The number of halogens is 4. The SMILES string of the molecule is COc1ccc(F)cc1C(C)NC(=O)C(F)(F)F. The summed E-state index contributed by atoms with van der Waals surface area (Å²) in [6.07, 6.45) is -4.98. The lowest BCUT2D eigenvalue weighted by Crippen LogP contribution is -2.38. The molecule has 7 heteroatoms. The van der Waals surface area contributed by atoms with E-state index in [1.54, 1.807) is 5.32 Å². The second-order valence-electron chi connectivity index (χ2n) is 3.58. The average molecular weight is 265 g/mol. The predicted molar refractivity (Wildman–Crippen MR) is 55.6 cm³/mol. The van der Waals surface area contributed by atoms with E-state index >= 15 is 0 Å². The van der Waals surface area contributed by atoms with Crippen molar-refractivity contribution in [1.29, 1.82) is 0 Å². The van der Waals surface area contributed by atoms with Gasteiger partial charge in [-0.15, -0.1) is 0 Å². The van der Waals surface area contributed by atoms with Crippen molar-refractivity contribution in [2.45, 2.75) is 19.1 Å². The van der Waals surface area contributed by atoms with Crippen molar-refractivity contribution in [1.82, 2.24) is 5.32 Å². The van der Waals surface area contributed by atoms with E-state index in [-0.39, 0.29) is 11.3 Å². The van der Waals surface area contributed by atoms with Crippen LogP contribution in [-0.4, -0.2) is 19.2 Å². The minimum atomic E-state index is -4.98. The van der Waals surface area contributed by atoms with Crippen LogP contribution in [0, 0.1) is 5.82 Å². The molecule has 3 nitrogen and oxygen atoms in total. The molecular formula is C11H11F4NO2. The molecular weight excluding hydrogens is 254 g/mol. The van der Waals surface area contributed by atoms with Crippen LogP contribution in [0.2, 0.25) is 0 Å². The number of hydrogen-bond donors (Lipinski definition) is 1. The molecule has 0 saturated heterocycles. The molecule has 0 aliphatic carbocycles. The first kappa shape index (κ1) is 14.3. The summed E-state index contributed by atoms with van der Waals surface area (Å²) in [4.78, 5) is 10.8. The van der Waals surface area contributed by atoms with Crippen molar-refractivity contribution in [3.63, 3.8) is 0 Å². The number of nitrogens with one attached hydrogen (secondary N) is 1. The van der Waals surface area contributed by atoms with Gasteiger partial charge in [-0.05, 0) is 25.1 Å². The maximum Gasteiger partial charge on any atom is 0.471 e. The first-order valence-electron chi connectivity index (χ1n) is 4.97. The van der Waals surface area contributed by atoms with Crippen molar-refractivity contribution in [2.75, 3.05) is 7.11 Å². The lowest BCUT2D eigenvalue weighted by atomic mass is 10.1. The van der Waals surface area contributed by atoms with Crippen LogP contribution in [0.25, 0.3) is 0 Å². The second kappa shape index (κ2) is 5.24. The van der Waals surface area contributed by atoms with Gasteiger partial charge in [0.15, 0.2) is 0 Å². The third-order valence-corrected chi connectivity index (χ3v) is 2.26. The summed E-state index contributed by atoms with van der Waals surface area (Å²) >= 11 is 0. The summed E-state index contributed by atoms with van der Waals surface area (Å²) in [6.45, 7) is 1.31. The molecule has 0 heterocycles. The van der Waals surface area contributed by atoms with E-state index in [4.69, 9.17) is 4.74 Å². The quantitative estimate of drug-likeness (QED) is 0.853. The van der Waals surface area contributed by atoms with Gasteiger partial charge < -0.3 is 10.1 Å². The van der Waals surface area contributed by atoms with Gasteiger partial charge in [0.05, 0.1) is 13.2 Å². The summed E-state index contributed by atoms with van der Waals surface area (Å²) in [5.41, 5.74) is 0.134.